The van der Waals surface area contributed by atoms with Crippen LogP contribution in [0.3, 0.4) is 0 Å². The minimum atomic E-state index is -0.301. The van der Waals surface area contributed by atoms with Gasteiger partial charge in [0.25, 0.3) is 5.56 Å². The highest BCUT2D eigenvalue weighted by Gasteiger charge is 2.17. The first-order chi connectivity index (χ1) is 14.5. The van der Waals surface area contributed by atoms with Crippen molar-refractivity contribution in [3.05, 3.63) is 58.3 Å². The van der Waals surface area contributed by atoms with Crippen LogP contribution in [0.1, 0.15) is 11.4 Å². The van der Waals surface area contributed by atoms with Gasteiger partial charge < -0.3 is 14.8 Å². The van der Waals surface area contributed by atoms with E-state index in [1.54, 1.807) is 33.4 Å². The Hall–Kier alpha value is -3.46. The SMILES string of the molecule is COc1cccc(CNC(=O)Cn2c(C)nc3c(sc4ncccc43)c2=O)c1OC. The number of hydrogen-bond acceptors (Lipinski definition) is 7. The number of fused-ring (bicyclic) bond motifs is 3. The molecule has 1 amide bonds. The minimum absolute atomic E-state index is 0.123. The highest BCUT2D eigenvalue weighted by atomic mass is 32.1. The number of ether oxygens (including phenoxy) is 2. The maximum Gasteiger partial charge on any atom is 0.272 e. The van der Waals surface area contributed by atoms with E-state index in [4.69, 9.17) is 9.47 Å². The van der Waals surface area contributed by atoms with Crippen molar-refractivity contribution in [3.63, 3.8) is 0 Å². The van der Waals surface area contributed by atoms with Crippen LogP contribution in [0.2, 0.25) is 0 Å². The second-order valence-electron chi connectivity index (χ2n) is 6.62. The molecule has 3 aromatic heterocycles. The fourth-order valence-corrected chi connectivity index (χ4v) is 4.37. The molecule has 30 heavy (non-hydrogen) atoms. The van der Waals surface area contributed by atoms with E-state index in [2.05, 4.69) is 15.3 Å². The molecule has 0 saturated carbocycles. The third-order valence-electron chi connectivity index (χ3n) is 4.81. The number of nitrogens with one attached hydrogen (secondary N) is 1. The predicted molar refractivity (Wildman–Crippen MR) is 115 cm³/mol. The van der Waals surface area contributed by atoms with Gasteiger partial charge in [0, 0.05) is 23.7 Å². The van der Waals surface area contributed by atoms with E-state index in [0.717, 1.165) is 15.8 Å². The Balaban J connectivity index is 1.58. The Morgan fingerprint density at radius 1 is 1.20 bits per heavy atom. The molecule has 3 heterocycles. The summed E-state index contributed by atoms with van der Waals surface area (Å²) in [5.74, 6) is 1.33. The van der Waals surface area contributed by atoms with Crippen molar-refractivity contribution in [2.75, 3.05) is 14.2 Å². The number of carbonyl (C=O) groups excluding carboxylic acids is 1. The number of amides is 1. The summed E-state index contributed by atoms with van der Waals surface area (Å²) in [7, 11) is 3.11. The summed E-state index contributed by atoms with van der Waals surface area (Å²) < 4.78 is 12.5. The maximum absolute atomic E-state index is 13.0. The van der Waals surface area contributed by atoms with Gasteiger partial charge in [-0.1, -0.05) is 12.1 Å². The lowest BCUT2D eigenvalue weighted by molar-refractivity contribution is -0.121. The molecule has 0 radical (unpaired) electrons. The fourth-order valence-electron chi connectivity index (χ4n) is 3.34. The lowest BCUT2D eigenvalue weighted by Crippen LogP contribution is -2.33. The first-order valence-corrected chi connectivity index (χ1v) is 10.1. The number of hydrogen-bond donors (Lipinski definition) is 1. The number of rotatable bonds is 6. The molecule has 0 aliphatic rings. The molecule has 0 atom stereocenters. The topological polar surface area (TPSA) is 95.3 Å². The highest BCUT2D eigenvalue weighted by molar-refractivity contribution is 7.25. The molecule has 0 unspecified atom stereocenters. The number of thiophene rings is 1. The van der Waals surface area contributed by atoms with Crippen molar-refractivity contribution in [2.45, 2.75) is 20.0 Å². The van der Waals surface area contributed by atoms with Crippen LogP contribution >= 0.6 is 11.3 Å². The van der Waals surface area contributed by atoms with Gasteiger partial charge in [0.1, 0.15) is 21.9 Å². The van der Waals surface area contributed by atoms with Crippen LogP contribution in [0.25, 0.3) is 20.4 Å². The second kappa shape index (κ2) is 8.11. The summed E-state index contributed by atoms with van der Waals surface area (Å²) in [6, 6.07) is 9.17. The summed E-state index contributed by atoms with van der Waals surface area (Å²) in [5.41, 5.74) is 1.16. The summed E-state index contributed by atoms with van der Waals surface area (Å²) in [4.78, 5) is 35.2. The molecule has 8 nitrogen and oxygen atoms in total. The molecule has 154 valence electrons. The number of methoxy groups -OCH3 is 2. The first-order valence-electron chi connectivity index (χ1n) is 9.24. The van der Waals surface area contributed by atoms with Gasteiger partial charge in [-0.3, -0.25) is 14.2 Å². The number of aryl methyl sites for hydroxylation is 1. The predicted octanol–water partition coefficient (Wildman–Crippen LogP) is 2.65. The molecule has 0 bridgehead atoms. The van der Waals surface area contributed by atoms with Crippen LogP contribution in [0, 0.1) is 6.92 Å². The van der Waals surface area contributed by atoms with Gasteiger partial charge in [-0.2, -0.15) is 0 Å². The van der Waals surface area contributed by atoms with Crippen LogP contribution in [0.4, 0.5) is 0 Å². The molecule has 1 N–H and O–H groups in total. The van der Waals surface area contributed by atoms with Gasteiger partial charge in [0.2, 0.25) is 5.91 Å². The van der Waals surface area contributed by atoms with Gasteiger partial charge in [0.05, 0.1) is 19.7 Å². The van der Waals surface area contributed by atoms with Crippen LogP contribution in [0.5, 0.6) is 11.5 Å². The number of nitrogens with zero attached hydrogens (tertiary/aromatic N) is 3. The van der Waals surface area contributed by atoms with Crippen molar-refractivity contribution in [3.8, 4) is 11.5 Å². The monoisotopic (exact) mass is 424 g/mol. The molecule has 9 heteroatoms. The summed E-state index contributed by atoms with van der Waals surface area (Å²) in [5, 5.41) is 3.68. The van der Waals surface area contributed by atoms with Gasteiger partial charge in [-0.05, 0) is 25.1 Å². The Morgan fingerprint density at radius 2 is 2.03 bits per heavy atom. The largest absolute Gasteiger partial charge is 0.493 e. The molecule has 0 aliphatic carbocycles. The Kier molecular flexibility index (Phi) is 5.37. The summed E-state index contributed by atoms with van der Waals surface area (Å²) in [6.07, 6.45) is 1.68. The van der Waals surface area contributed by atoms with E-state index in [0.29, 0.717) is 27.5 Å². The van der Waals surface area contributed by atoms with Crippen molar-refractivity contribution in [1.29, 1.82) is 0 Å². The average Bonchev–Trinajstić information content (AvgIpc) is 3.13. The summed E-state index contributed by atoms with van der Waals surface area (Å²) in [6.45, 7) is 1.84. The smallest absolute Gasteiger partial charge is 0.272 e. The van der Waals surface area contributed by atoms with E-state index in [-0.39, 0.29) is 24.6 Å². The molecule has 1 aromatic carbocycles. The minimum Gasteiger partial charge on any atom is -0.493 e. The number of aromatic nitrogens is 3. The molecule has 0 saturated heterocycles. The van der Waals surface area contributed by atoms with E-state index < -0.39 is 0 Å². The molecular weight excluding hydrogens is 404 g/mol. The van der Waals surface area contributed by atoms with E-state index >= 15 is 0 Å². The number of carbonyl (C=O) groups is 1. The van der Waals surface area contributed by atoms with Crippen molar-refractivity contribution in [2.24, 2.45) is 0 Å². The molecule has 4 aromatic rings. The zero-order chi connectivity index (χ0) is 21.3. The first kappa shape index (κ1) is 19.8. The third kappa shape index (κ3) is 3.48. The Bertz CT molecular complexity index is 1310. The molecular formula is C21H20N4O4S. The van der Waals surface area contributed by atoms with Crippen LogP contribution in [-0.4, -0.2) is 34.7 Å². The lowest BCUT2D eigenvalue weighted by Gasteiger charge is -2.14. The van der Waals surface area contributed by atoms with Crippen LogP contribution < -0.4 is 20.3 Å². The van der Waals surface area contributed by atoms with Crippen molar-refractivity contribution < 1.29 is 14.3 Å². The molecule has 0 fully saturated rings. The second-order valence-corrected chi connectivity index (χ2v) is 7.61. The van der Waals surface area contributed by atoms with Crippen molar-refractivity contribution >= 4 is 37.7 Å². The van der Waals surface area contributed by atoms with E-state index in [1.807, 2.05) is 24.3 Å². The van der Waals surface area contributed by atoms with E-state index in [1.165, 1.54) is 15.9 Å². The normalized spacial score (nSPS) is 11.0. The lowest BCUT2D eigenvalue weighted by atomic mass is 10.2. The average molecular weight is 424 g/mol. The summed E-state index contributed by atoms with van der Waals surface area (Å²) >= 11 is 1.29. The molecule has 0 aliphatic heterocycles. The Labute approximate surface area is 176 Å². The Morgan fingerprint density at radius 3 is 2.80 bits per heavy atom. The van der Waals surface area contributed by atoms with Gasteiger partial charge in [-0.25, -0.2) is 9.97 Å². The zero-order valence-electron chi connectivity index (χ0n) is 16.8. The standard InChI is InChI=1S/C21H20N4O4S/c1-12-24-17-14-7-5-9-22-20(14)30-19(17)21(27)25(12)11-16(26)23-10-13-6-4-8-15(28-2)18(13)29-3/h4-9H,10-11H2,1-3H3,(H,23,26). The number of para-hydroxylation sites is 1. The highest BCUT2D eigenvalue weighted by Crippen LogP contribution is 2.30. The number of pyridine rings is 1. The number of benzene rings is 1. The van der Waals surface area contributed by atoms with Gasteiger partial charge >= 0.3 is 0 Å². The fraction of sp³-hybridized carbons (Fsp3) is 0.238. The quantitative estimate of drug-likeness (QED) is 0.511. The van der Waals surface area contributed by atoms with E-state index in [9.17, 15) is 9.59 Å². The van der Waals surface area contributed by atoms with Crippen molar-refractivity contribution in [1.82, 2.24) is 19.9 Å². The molecule has 0 spiro atoms. The van der Waals surface area contributed by atoms with Crippen LogP contribution in [0.15, 0.2) is 41.3 Å². The maximum atomic E-state index is 13.0. The van der Waals surface area contributed by atoms with Gasteiger partial charge in [-0.15, -0.1) is 11.3 Å². The third-order valence-corrected chi connectivity index (χ3v) is 5.90. The zero-order valence-corrected chi connectivity index (χ0v) is 17.6. The van der Waals surface area contributed by atoms with Gasteiger partial charge in [0.15, 0.2) is 11.5 Å². The van der Waals surface area contributed by atoms with Crippen LogP contribution in [-0.2, 0) is 17.9 Å². The molecule has 4 rings (SSSR count).